The van der Waals surface area contributed by atoms with E-state index in [-0.39, 0.29) is 18.7 Å². The summed E-state index contributed by atoms with van der Waals surface area (Å²) in [5.41, 5.74) is 1.16. The van der Waals surface area contributed by atoms with E-state index in [4.69, 9.17) is 0 Å². The summed E-state index contributed by atoms with van der Waals surface area (Å²) in [4.78, 5) is 16.2. The minimum atomic E-state index is -4.34. The fourth-order valence-electron chi connectivity index (χ4n) is 1.90. The highest BCUT2D eigenvalue weighted by atomic mass is 19.4. The highest BCUT2D eigenvalue weighted by molar-refractivity contribution is 5.19. The lowest BCUT2D eigenvalue weighted by atomic mass is 10.1. The average Bonchev–Trinajstić information content (AvgIpc) is 2.36. The van der Waals surface area contributed by atoms with Gasteiger partial charge in [0.2, 0.25) is 0 Å². The van der Waals surface area contributed by atoms with E-state index in [1.807, 2.05) is 0 Å². The first-order valence-corrected chi connectivity index (χ1v) is 5.90. The maximum atomic E-state index is 12.0. The molecule has 0 radical (unpaired) electrons. The molecule has 0 atom stereocenters. The van der Waals surface area contributed by atoms with Crippen molar-refractivity contribution < 1.29 is 17.9 Å². The fraction of sp³-hybridized carbons (Fsp3) is 0.636. The normalized spacial score (nSPS) is 15.3. The molecule has 0 aliphatic carbocycles. The lowest BCUT2D eigenvalue weighted by Gasteiger charge is -2.16. The van der Waals surface area contributed by atoms with Crippen LogP contribution < -0.4 is 10.9 Å². The van der Waals surface area contributed by atoms with Gasteiger partial charge in [-0.05, 0) is 13.0 Å². The Bertz CT molecular complexity index is 499. The quantitative estimate of drug-likeness (QED) is 0.813. The predicted octanol–water partition coefficient (Wildman–Crippen LogP) is 0.468. The molecule has 0 saturated heterocycles. The molecule has 0 fully saturated rings. The number of hydrogen-bond donors (Lipinski definition) is 1. The van der Waals surface area contributed by atoms with Gasteiger partial charge in [0.05, 0.1) is 25.2 Å². The second-order valence-electron chi connectivity index (χ2n) is 4.26. The largest absolute Gasteiger partial charge is 0.411 e. The molecular formula is C11H14F3N3O2. The first kappa shape index (κ1) is 14.0. The van der Waals surface area contributed by atoms with Gasteiger partial charge in [0, 0.05) is 12.1 Å². The minimum Gasteiger partial charge on any atom is -0.370 e. The molecule has 0 aromatic carbocycles. The third-order valence-corrected chi connectivity index (χ3v) is 2.81. The van der Waals surface area contributed by atoms with Gasteiger partial charge in [0.25, 0.3) is 5.56 Å². The molecule has 2 rings (SSSR count). The smallest absolute Gasteiger partial charge is 0.370 e. The van der Waals surface area contributed by atoms with E-state index < -0.39 is 12.8 Å². The van der Waals surface area contributed by atoms with Crippen LogP contribution in [0, 0.1) is 0 Å². The Labute approximate surface area is 107 Å². The van der Waals surface area contributed by atoms with Gasteiger partial charge in [-0.3, -0.25) is 9.36 Å². The summed E-state index contributed by atoms with van der Waals surface area (Å²) in [6.07, 6.45) is -2.40. The Morgan fingerprint density at radius 3 is 3.00 bits per heavy atom. The lowest BCUT2D eigenvalue weighted by Crippen LogP contribution is -2.35. The second kappa shape index (κ2) is 5.70. The zero-order chi connectivity index (χ0) is 13.9. The number of halogens is 3. The van der Waals surface area contributed by atoms with Gasteiger partial charge in [-0.25, -0.2) is 4.98 Å². The third-order valence-electron chi connectivity index (χ3n) is 2.81. The maximum Gasteiger partial charge on any atom is 0.411 e. The van der Waals surface area contributed by atoms with E-state index >= 15 is 0 Å². The van der Waals surface area contributed by atoms with Gasteiger partial charge in [0.15, 0.2) is 0 Å². The number of rotatable bonds is 4. The monoisotopic (exact) mass is 277 g/mol. The number of hydrogen-bond acceptors (Lipinski definition) is 4. The van der Waals surface area contributed by atoms with Gasteiger partial charge in [-0.2, -0.15) is 13.2 Å². The highest BCUT2D eigenvalue weighted by Gasteiger charge is 2.27. The molecule has 1 aliphatic rings. The molecule has 0 saturated carbocycles. The van der Waals surface area contributed by atoms with E-state index in [1.54, 1.807) is 0 Å². The number of ether oxygens (including phenoxy) is 1. The summed E-state index contributed by atoms with van der Waals surface area (Å²) in [7, 11) is 0. The number of fused-ring (bicyclic) bond motifs is 1. The molecule has 0 amide bonds. The van der Waals surface area contributed by atoms with Crippen LogP contribution in [0.15, 0.2) is 11.1 Å². The highest BCUT2D eigenvalue weighted by Crippen LogP contribution is 2.14. The predicted molar refractivity (Wildman–Crippen MR) is 60.8 cm³/mol. The average molecular weight is 277 g/mol. The molecule has 1 aliphatic heterocycles. The van der Waals surface area contributed by atoms with Crippen molar-refractivity contribution in [2.24, 2.45) is 0 Å². The number of nitrogens with one attached hydrogen (secondary N) is 1. The van der Waals surface area contributed by atoms with Crippen LogP contribution in [0.1, 0.15) is 11.3 Å². The fourth-order valence-corrected chi connectivity index (χ4v) is 1.90. The topological polar surface area (TPSA) is 56.2 Å². The summed E-state index contributed by atoms with van der Waals surface area (Å²) in [6, 6.07) is 0. The van der Waals surface area contributed by atoms with Crippen molar-refractivity contribution in [3.63, 3.8) is 0 Å². The first-order chi connectivity index (χ1) is 8.97. The molecule has 8 heteroatoms. The number of aromatic nitrogens is 2. The molecule has 2 heterocycles. The van der Waals surface area contributed by atoms with Crippen LogP contribution in [0.3, 0.4) is 0 Å². The van der Waals surface area contributed by atoms with Crippen molar-refractivity contribution in [1.29, 1.82) is 0 Å². The van der Waals surface area contributed by atoms with Gasteiger partial charge >= 0.3 is 6.18 Å². The summed E-state index contributed by atoms with van der Waals surface area (Å²) in [5, 5.41) is 3.10. The number of alkyl halides is 3. The van der Waals surface area contributed by atoms with Crippen LogP contribution in [-0.2, 0) is 24.2 Å². The minimum absolute atomic E-state index is 0.0720. The van der Waals surface area contributed by atoms with Gasteiger partial charge in [-0.15, -0.1) is 0 Å². The van der Waals surface area contributed by atoms with Crippen LogP contribution >= 0.6 is 0 Å². The zero-order valence-electron chi connectivity index (χ0n) is 10.2. The van der Waals surface area contributed by atoms with E-state index in [1.165, 1.54) is 10.9 Å². The Morgan fingerprint density at radius 2 is 2.26 bits per heavy atom. The van der Waals surface area contributed by atoms with E-state index in [0.717, 1.165) is 0 Å². The van der Waals surface area contributed by atoms with Crippen LogP contribution in [-0.4, -0.2) is 35.5 Å². The summed E-state index contributed by atoms with van der Waals surface area (Å²) in [6.45, 7) is -0.140. The van der Waals surface area contributed by atoms with Crippen LogP contribution in [0.2, 0.25) is 0 Å². The molecule has 0 unspecified atom stereocenters. The zero-order valence-corrected chi connectivity index (χ0v) is 10.2. The van der Waals surface area contributed by atoms with Gasteiger partial charge < -0.3 is 10.1 Å². The van der Waals surface area contributed by atoms with Gasteiger partial charge in [-0.1, -0.05) is 0 Å². The Hall–Kier alpha value is -1.41. The van der Waals surface area contributed by atoms with Crippen LogP contribution in [0.25, 0.3) is 0 Å². The van der Waals surface area contributed by atoms with E-state index in [2.05, 4.69) is 15.0 Å². The summed E-state index contributed by atoms with van der Waals surface area (Å²) in [5.74, 6) is 0. The molecule has 106 valence electrons. The van der Waals surface area contributed by atoms with Crippen molar-refractivity contribution in [1.82, 2.24) is 14.9 Å². The van der Waals surface area contributed by atoms with Crippen LogP contribution in [0.5, 0.6) is 0 Å². The molecule has 0 spiro atoms. The summed E-state index contributed by atoms with van der Waals surface area (Å²) < 4.78 is 41.4. The molecule has 1 aromatic rings. The maximum absolute atomic E-state index is 12.0. The van der Waals surface area contributed by atoms with E-state index in [0.29, 0.717) is 30.8 Å². The third kappa shape index (κ3) is 3.77. The SMILES string of the molecule is O=c1c2c(ncn1CCOCC(F)(F)F)CNCC2. The molecular weight excluding hydrogens is 263 g/mol. The molecule has 5 nitrogen and oxygen atoms in total. The van der Waals surface area contributed by atoms with Crippen LogP contribution in [0.4, 0.5) is 13.2 Å². The second-order valence-corrected chi connectivity index (χ2v) is 4.26. The Morgan fingerprint density at radius 1 is 1.47 bits per heavy atom. The van der Waals surface area contributed by atoms with E-state index in [9.17, 15) is 18.0 Å². The van der Waals surface area contributed by atoms with Gasteiger partial charge in [0.1, 0.15) is 6.61 Å². The van der Waals surface area contributed by atoms with Crippen molar-refractivity contribution in [2.75, 3.05) is 19.8 Å². The van der Waals surface area contributed by atoms with Crippen molar-refractivity contribution in [3.8, 4) is 0 Å². The van der Waals surface area contributed by atoms with Crippen molar-refractivity contribution in [3.05, 3.63) is 27.9 Å². The Balaban J connectivity index is 1.96. The lowest BCUT2D eigenvalue weighted by molar-refractivity contribution is -0.174. The van der Waals surface area contributed by atoms with Crippen molar-refractivity contribution in [2.45, 2.75) is 25.7 Å². The molecule has 1 N–H and O–H groups in total. The molecule has 0 bridgehead atoms. The molecule has 1 aromatic heterocycles. The van der Waals surface area contributed by atoms with Crippen molar-refractivity contribution >= 4 is 0 Å². The summed E-state index contributed by atoms with van der Waals surface area (Å²) >= 11 is 0. The molecule has 19 heavy (non-hydrogen) atoms. The Kier molecular flexibility index (Phi) is 4.20. The standard InChI is InChI=1S/C11H14F3N3O2/c12-11(13,14)6-19-4-3-17-7-16-9-5-15-2-1-8(9)10(17)18/h7,15H,1-6H2. The number of nitrogens with zero attached hydrogens (tertiary/aromatic N) is 2. The first-order valence-electron chi connectivity index (χ1n) is 5.90.